The number of benzene rings is 2. The average molecular weight is 292 g/mol. The number of nitrogens with one attached hydrogen (secondary N) is 2. The van der Waals surface area contributed by atoms with Crippen LogP contribution in [0.15, 0.2) is 59.4 Å². The predicted octanol–water partition coefficient (Wildman–Crippen LogP) is 2.77. The number of aromatic nitrogens is 1. The first-order chi connectivity index (χ1) is 10.6. The summed E-state index contributed by atoms with van der Waals surface area (Å²) in [5, 5.41) is 3.60. The third kappa shape index (κ3) is 2.91. The van der Waals surface area contributed by atoms with E-state index in [0.717, 1.165) is 10.9 Å². The Balaban J connectivity index is 1.86. The van der Waals surface area contributed by atoms with Crippen LogP contribution in [0.4, 0.5) is 0 Å². The van der Waals surface area contributed by atoms with E-state index in [2.05, 4.69) is 10.3 Å². The van der Waals surface area contributed by atoms with Gasteiger partial charge in [0.2, 0.25) is 5.56 Å². The van der Waals surface area contributed by atoms with E-state index in [1.165, 1.54) is 11.6 Å². The standard InChI is InChI=1S/C18H16N2O2/c1-12-6-8-13(9-7-12)11-19-18(22)15-10-17(21)20-16-5-3-2-4-14(15)16/h2-10H,11H2,1H3,(H,19,22)(H,20,21). The van der Waals surface area contributed by atoms with Crippen molar-refractivity contribution in [2.45, 2.75) is 13.5 Å². The summed E-state index contributed by atoms with van der Waals surface area (Å²) in [5.41, 5.74) is 2.98. The van der Waals surface area contributed by atoms with Crippen molar-refractivity contribution < 1.29 is 4.79 Å². The van der Waals surface area contributed by atoms with Gasteiger partial charge in [0.15, 0.2) is 0 Å². The van der Waals surface area contributed by atoms with Crippen molar-refractivity contribution in [3.63, 3.8) is 0 Å². The molecule has 1 aromatic heterocycles. The molecule has 0 saturated heterocycles. The number of aryl methyl sites for hydroxylation is 1. The number of rotatable bonds is 3. The summed E-state index contributed by atoms with van der Waals surface area (Å²) in [5.74, 6) is -0.247. The van der Waals surface area contributed by atoms with Crippen LogP contribution in [-0.4, -0.2) is 10.9 Å². The van der Waals surface area contributed by atoms with Gasteiger partial charge in [-0.25, -0.2) is 0 Å². The van der Waals surface area contributed by atoms with E-state index in [1.807, 2.05) is 49.4 Å². The zero-order valence-electron chi connectivity index (χ0n) is 12.2. The molecule has 4 heteroatoms. The van der Waals surface area contributed by atoms with E-state index in [0.29, 0.717) is 17.6 Å². The highest BCUT2D eigenvalue weighted by Gasteiger charge is 2.11. The van der Waals surface area contributed by atoms with Crippen molar-refractivity contribution >= 4 is 16.8 Å². The highest BCUT2D eigenvalue weighted by atomic mass is 16.2. The molecule has 0 unspecified atom stereocenters. The lowest BCUT2D eigenvalue weighted by atomic mass is 10.1. The molecule has 0 radical (unpaired) electrons. The number of para-hydroxylation sites is 1. The maximum absolute atomic E-state index is 12.4. The zero-order valence-corrected chi connectivity index (χ0v) is 12.2. The molecule has 0 saturated carbocycles. The maximum atomic E-state index is 12.4. The van der Waals surface area contributed by atoms with E-state index < -0.39 is 0 Å². The van der Waals surface area contributed by atoms with Crippen LogP contribution in [0.5, 0.6) is 0 Å². The van der Waals surface area contributed by atoms with Gasteiger partial charge in [0.1, 0.15) is 0 Å². The molecule has 0 aliphatic heterocycles. The highest BCUT2D eigenvalue weighted by molar-refractivity contribution is 6.05. The van der Waals surface area contributed by atoms with Crippen LogP contribution in [0.3, 0.4) is 0 Å². The van der Waals surface area contributed by atoms with Crippen molar-refractivity contribution in [1.82, 2.24) is 10.3 Å². The minimum Gasteiger partial charge on any atom is -0.348 e. The number of aromatic amines is 1. The summed E-state index contributed by atoms with van der Waals surface area (Å²) in [6.07, 6.45) is 0. The van der Waals surface area contributed by atoms with Crippen molar-refractivity contribution in [3.05, 3.63) is 81.6 Å². The van der Waals surface area contributed by atoms with Gasteiger partial charge in [0.25, 0.3) is 5.91 Å². The highest BCUT2D eigenvalue weighted by Crippen LogP contribution is 2.14. The molecule has 3 aromatic rings. The van der Waals surface area contributed by atoms with Crippen molar-refractivity contribution in [3.8, 4) is 0 Å². The van der Waals surface area contributed by atoms with Gasteiger partial charge in [0.05, 0.1) is 5.56 Å². The van der Waals surface area contributed by atoms with Crippen molar-refractivity contribution in [2.75, 3.05) is 0 Å². The number of carbonyl (C=O) groups is 1. The first-order valence-corrected chi connectivity index (χ1v) is 7.09. The Labute approximate surface area is 127 Å². The van der Waals surface area contributed by atoms with Crippen LogP contribution in [0.1, 0.15) is 21.5 Å². The Morgan fingerprint density at radius 2 is 1.82 bits per heavy atom. The number of carbonyl (C=O) groups excluding carboxylic acids is 1. The number of amides is 1. The molecular formula is C18H16N2O2. The summed E-state index contributed by atoms with van der Waals surface area (Å²) in [4.78, 5) is 26.8. The lowest BCUT2D eigenvalue weighted by molar-refractivity contribution is 0.0952. The average Bonchev–Trinajstić information content (AvgIpc) is 2.53. The molecule has 110 valence electrons. The molecule has 0 fully saturated rings. The zero-order chi connectivity index (χ0) is 15.5. The summed E-state index contributed by atoms with van der Waals surface area (Å²) in [6, 6.07) is 16.6. The Hall–Kier alpha value is -2.88. The number of hydrogen-bond acceptors (Lipinski definition) is 2. The molecule has 0 aliphatic rings. The molecule has 1 amide bonds. The maximum Gasteiger partial charge on any atom is 0.252 e. The fourth-order valence-corrected chi connectivity index (χ4v) is 2.38. The van der Waals surface area contributed by atoms with Crippen LogP contribution in [0.25, 0.3) is 10.9 Å². The molecule has 0 atom stereocenters. The molecule has 2 aromatic carbocycles. The van der Waals surface area contributed by atoms with Gasteiger partial charge >= 0.3 is 0 Å². The third-order valence-electron chi connectivity index (χ3n) is 3.57. The number of fused-ring (bicyclic) bond motifs is 1. The fraction of sp³-hybridized carbons (Fsp3) is 0.111. The van der Waals surface area contributed by atoms with Gasteiger partial charge in [0, 0.05) is 23.5 Å². The Bertz CT molecular complexity index is 879. The van der Waals surface area contributed by atoms with E-state index in [4.69, 9.17) is 0 Å². The quantitative estimate of drug-likeness (QED) is 0.779. The summed E-state index contributed by atoms with van der Waals surface area (Å²) in [6.45, 7) is 2.45. The lowest BCUT2D eigenvalue weighted by Crippen LogP contribution is -2.24. The van der Waals surface area contributed by atoms with Gasteiger partial charge in [-0.15, -0.1) is 0 Å². The Morgan fingerprint density at radius 3 is 2.59 bits per heavy atom. The first kappa shape index (κ1) is 14.1. The second kappa shape index (κ2) is 5.85. The lowest BCUT2D eigenvalue weighted by Gasteiger charge is -2.08. The molecule has 0 spiro atoms. The normalized spacial score (nSPS) is 10.6. The molecule has 22 heavy (non-hydrogen) atoms. The van der Waals surface area contributed by atoms with Crippen molar-refractivity contribution in [1.29, 1.82) is 0 Å². The van der Waals surface area contributed by atoms with Gasteiger partial charge in [-0.2, -0.15) is 0 Å². The Morgan fingerprint density at radius 1 is 1.09 bits per heavy atom. The van der Waals surface area contributed by atoms with Crippen LogP contribution in [-0.2, 0) is 6.54 Å². The molecular weight excluding hydrogens is 276 g/mol. The third-order valence-corrected chi connectivity index (χ3v) is 3.57. The second-order valence-corrected chi connectivity index (χ2v) is 5.26. The fourth-order valence-electron chi connectivity index (χ4n) is 2.38. The van der Waals surface area contributed by atoms with Gasteiger partial charge < -0.3 is 10.3 Å². The topological polar surface area (TPSA) is 62.0 Å². The molecule has 3 rings (SSSR count). The van der Waals surface area contributed by atoms with Crippen molar-refractivity contribution in [2.24, 2.45) is 0 Å². The largest absolute Gasteiger partial charge is 0.348 e. The molecule has 1 heterocycles. The first-order valence-electron chi connectivity index (χ1n) is 7.09. The van der Waals surface area contributed by atoms with Gasteiger partial charge in [-0.3, -0.25) is 9.59 Å². The molecule has 4 nitrogen and oxygen atoms in total. The number of pyridine rings is 1. The van der Waals surface area contributed by atoms with E-state index in [9.17, 15) is 9.59 Å². The van der Waals surface area contributed by atoms with Crippen LogP contribution < -0.4 is 10.9 Å². The Kier molecular flexibility index (Phi) is 3.74. The van der Waals surface area contributed by atoms with E-state index in [-0.39, 0.29) is 11.5 Å². The molecule has 0 bridgehead atoms. The summed E-state index contributed by atoms with van der Waals surface area (Å²) in [7, 11) is 0. The smallest absolute Gasteiger partial charge is 0.252 e. The van der Waals surface area contributed by atoms with E-state index >= 15 is 0 Å². The monoisotopic (exact) mass is 292 g/mol. The van der Waals surface area contributed by atoms with E-state index in [1.54, 1.807) is 6.07 Å². The SMILES string of the molecule is Cc1ccc(CNC(=O)c2cc(=O)[nH]c3ccccc23)cc1. The molecule has 2 N–H and O–H groups in total. The molecule has 0 aliphatic carbocycles. The van der Waals surface area contributed by atoms with Crippen LogP contribution in [0.2, 0.25) is 0 Å². The number of hydrogen-bond donors (Lipinski definition) is 2. The van der Waals surface area contributed by atoms with Crippen LogP contribution in [0, 0.1) is 6.92 Å². The predicted molar refractivity (Wildman–Crippen MR) is 86.9 cm³/mol. The van der Waals surface area contributed by atoms with Gasteiger partial charge in [-0.05, 0) is 18.6 Å². The number of H-pyrrole nitrogens is 1. The minimum atomic E-state index is -0.279. The second-order valence-electron chi connectivity index (χ2n) is 5.26. The summed E-state index contributed by atoms with van der Waals surface area (Å²) >= 11 is 0. The summed E-state index contributed by atoms with van der Waals surface area (Å²) < 4.78 is 0. The van der Waals surface area contributed by atoms with Crippen LogP contribution >= 0.6 is 0 Å². The van der Waals surface area contributed by atoms with Gasteiger partial charge in [-0.1, -0.05) is 48.0 Å². The minimum absolute atomic E-state index is 0.247.